The first-order chi connectivity index (χ1) is 15.4. The second-order valence-electron chi connectivity index (χ2n) is 8.11. The summed E-state index contributed by atoms with van der Waals surface area (Å²) < 4.78 is 27.4. The number of unbranched alkanes of at least 4 members (excludes halogenated alkanes) is 9. The summed E-state index contributed by atoms with van der Waals surface area (Å²) in [6.45, 7) is 2.86. The molecule has 0 fully saturated rings. The number of nitrogens with one attached hydrogen (secondary N) is 2. The highest BCUT2D eigenvalue weighted by molar-refractivity contribution is 7.92. The van der Waals surface area contributed by atoms with Gasteiger partial charge in [0.05, 0.1) is 4.90 Å². The molecule has 176 valence electrons. The Bertz CT molecular complexity index is 910. The van der Waals surface area contributed by atoms with E-state index in [9.17, 15) is 18.3 Å². The number of carbonyl (C=O) groups excluding carboxylic acids is 1. The number of aromatic hydroxyl groups is 1. The van der Waals surface area contributed by atoms with Crippen LogP contribution >= 0.6 is 0 Å². The van der Waals surface area contributed by atoms with Gasteiger partial charge in [0.25, 0.3) is 15.9 Å². The Morgan fingerprint density at radius 2 is 1.31 bits per heavy atom. The average Bonchev–Trinajstić information content (AvgIpc) is 2.79. The first kappa shape index (κ1) is 25.7. The maximum Gasteiger partial charge on any atom is 0.261 e. The average molecular weight is 461 g/mol. The molecule has 0 aliphatic heterocycles. The maximum atomic E-state index is 12.5. The minimum atomic E-state index is -3.77. The molecule has 32 heavy (non-hydrogen) atoms. The monoisotopic (exact) mass is 460 g/mol. The van der Waals surface area contributed by atoms with E-state index in [4.69, 9.17) is 0 Å². The van der Waals surface area contributed by atoms with Gasteiger partial charge in [0, 0.05) is 17.8 Å². The van der Waals surface area contributed by atoms with Crippen molar-refractivity contribution in [2.75, 3.05) is 11.3 Å². The van der Waals surface area contributed by atoms with E-state index in [0.717, 1.165) is 12.8 Å². The molecule has 2 rings (SSSR count). The molecule has 7 heteroatoms. The highest BCUT2D eigenvalue weighted by Gasteiger charge is 2.15. The normalized spacial score (nSPS) is 11.3. The van der Waals surface area contributed by atoms with E-state index < -0.39 is 10.0 Å². The number of amides is 1. The van der Waals surface area contributed by atoms with Crippen LogP contribution in [0.1, 0.15) is 81.5 Å². The Hall–Kier alpha value is -2.54. The highest BCUT2D eigenvalue weighted by Crippen LogP contribution is 2.19. The number of carbonyl (C=O) groups is 1. The van der Waals surface area contributed by atoms with E-state index in [1.165, 1.54) is 99.9 Å². The van der Waals surface area contributed by atoms with E-state index in [-0.39, 0.29) is 16.6 Å². The van der Waals surface area contributed by atoms with Crippen LogP contribution < -0.4 is 10.0 Å². The molecule has 6 nitrogen and oxygen atoms in total. The highest BCUT2D eigenvalue weighted by atomic mass is 32.2. The van der Waals surface area contributed by atoms with Gasteiger partial charge in [0.15, 0.2) is 0 Å². The molecule has 0 spiro atoms. The molecule has 0 unspecified atom stereocenters. The van der Waals surface area contributed by atoms with E-state index in [2.05, 4.69) is 17.0 Å². The lowest BCUT2D eigenvalue weighted by Gasteiger charge is -2.09. The fourth-order valence-electron chi connectivity index (χ4n) is 3.45. The molecule has 0 aliphatic carbocycles. The molecule has 1 amide bonds. The van der Waals surface area contributed by atoms with E-state index in [1.807, 2.05) is 0 Å². The Morgan fingerprint density at radius 3 is 1.88 bits per heavy atom. The molecule has 0 aromatic heterocycles. The van der Waals surface area contributed by atoms with Crippen molar-refractivity contribution in [3.05, 3.63) is 54.1 Å². The van der Waals surface area contributed by atoms with Crippen LogP contribution in [0.25, 0.3) is 0 Å². The molecule has 0 atom stereocenters. The number of sulfonamides is 1. The fourth-order valence-corrected chi connectivity index (χ4v) is 4.50. The number of rotatable bonds is 15. The zero-order valence-electron chi connectivity index (χ0n) is 19.0. The predicted molar refractivity (Wildman–Crippen MR) is 130 cm³/mol. The molecule has 2 aromatic rings. The summed E-state index contributed by atoms with van der Waals surface area (Å²) in [6, 6.07) is 11.6. The van der Waals surface area contributed by atoms with Gasteiger partial charge in [-0.2, -0.15) is 0 Å². The predicted octanol–water partition coefficient (Wildman–Crippen LogP) is 5.84. The van der Waals surface area contributed by atoms with Crippen molar-refractivity contribution in [3.63, 3.8) is 0 Å². The molecule has 0 heterocycles. The standard InChI is InChI=1S/C25H36N2O4S/c1-2-3-4-5-6-7-8-9-10-11-20-26-25(29)21-12-18-24(19-13-21)32(30,31)27-22-14-16-23(28)17-15-22/h12-19,27-28H,2-11,20H2,1H3,(H,26,29). The zero-order chi connectivity index (χ0) is 23.2. The number of phenols is 1. The van der Waals surface area contributed by atoms with Crippen LogP contribution in [0.2, 0.25) is 0 Å². The summed E-state index contributed by atoms with van der Waals surface area (Å²) in [6.07, 6.45) is 12.5. The molecular weight excluding hydrogens is 424 g/mol. The quantitative estimate of drug-likeness (QED) is 0.230. The topological polar surface area (TPSA) is 95.5 Å². The summed E-state index contributed by atoms with van der Waals surface area (Å²) in [5.41, 5.74) is 0.779. The van der Waals surface area contributed by atoms with Crippen LogP contribution in [0.3, 0.4) is 0 Å². The van der Waals surface area contributed by atoms with Crippen molar-refractivity contribution in [1.82, 2.24) is 5.32 Å². The van der Waals surface area contributed by atoms with Gasteiger partial charge in [-0.3, -0.25) is 9.52 Å². The van der Waals surface area contributed by atoms with E-state index >= 15 is 0 Å². The first-order valence-electron chi connectivity index (χ1n) is 11.6. The van der Waals surface area contributed by atoms with Gasteiger partial charge in [-0.15, -0.1) is 0 Å². The number of hydrogen-bond donors (Lipinski definition) is 3. The van der Waals surface area contributed by atoms with E-state index in [1.54, 1.807) is 0 Å². The Balaban J connectivity index is 1.68. The van der Waals surface area contributed by atoms with Gasteiger partial charge in [-0.1, -0.05) is 64.7 Å². The second-order valence-corrected chi connectivity index (χ2v) is 9.80. The molecule has 0 bridgehead atoms. The van der Waals surface area contributed by atoms with Crippen molar-refractivity contribution < 1.29 is 18.3 Å². The molecule has 0 aliphatic rings. The Morgan fingerprint density at radius 1 is 0.781 bits per heavy atom. The molecule has 0 radical (unpaired) electrons. The lowest BCUT2D eigenvalue weighted by Crippen LogP contribution is -2.24. The minimum Gasteiger partial charge on any atom is -0.508 e. The second kappa shape index (κ2) is 13.8. The molecule has 0 saturated carbocycles. The smallest absolute Gasteiger partial charge is 0.261 e. The van der Waals surface area contributed by atoms with Crippen LogP contribution in [-0.4, -0.2) is 26.0 Å². The van der Waals surface area contributed by atoms with Crippen LogP contribution in [0.5, 0.6) is 5.75 Å². The van der Waals surface area contributed by atoms with Crippen LogP contribution in [0.15, 0.2) is 53.4 Å². The summed E-state index contributed by atoms with van der Waals surface area (Å²) >= 11 is 0. The molecule has 2 aromatic carbocycles. The Labute approximate surface area is 192 Å². The summed E-state index contributed by atoms with van der Waals surface area (Å²) in [5.74, 6) is -0.141. The van der Waals surface area contributed by atoms with Gasteiger partial charge in [0.1, 0.15) is 5.75 Å². The summed E-state index contributed by atoms with van der Waals surface area (Å²) in [7, 11) is -3.77. The van der Waals surface area contributed by atoms with E-state index in [0.29, 0.717) is 17.8 Å². The first-order valence-corrected chi connectivity index (χ1v) is 13.1. The van der Waals surface area contributed by atoms with Gasteiger partial charge in [0.2, 0.25) is 0 Å². The molecule has 0 saturated heterocycles. The van der Waals surface area contributed by atoms with Gasteiger partial charge >= 0.3 is 0 Å². The summed E-state index contributed by atoms with van der Waals surface area (Å²) in [4.78, 5) is 12.4. The third-order valence-corrected chi connectivity index (χ3v) is 6.76. The largest absolute Gasteiger partial charge is 0.508 e. The Kier molecular flexibility index (Phi) is 11.1. The number of anilines is 1. The van der Waals surface area contributed by atoms with Crippen LogP contribution in [0, 0.1) is 0 Å². The lowest BCUT2D eigenvalue weighted by molar-refractivity contribution is 0.0953. The third kappa shape index (κ3) is 9.30. The van der Waals surface area contributed by atoms with Crippen molar-refractivity contribution >= 4 is 21.6 Å². The van der Waals surface area contributed by atoms with Crippen LogP contribution in [0.4, 0.5) is 5.69 Å². The maximum absolute atomic E-state index is 12.5. The zero-order valence-corrected chi connectivity index (χ0v) is 19.8. The summed E-state index contributed by atoms with van der Waals surface area (Å²) in [5, 5.41) is 12.2. The fraction of sp³-hybridized carbons (Fsp3) is 0.480. The molecule has 3 N–H and O–H groups in total. The minimum absolute atomic E-state index is 0.0566. The van der Waals surface area contributed by atoms with Crippen molar-refractivity contribution in [3.8, 4) is 5.75 Å². The molecular formula is C25H36N2O4S. The van der Waals surface area contributed by atoms with Crippen LogP contribution in [-0.2, 0) is 10.0 Å². The van der Waals surface area contributed by atoms with Crippen molar-refractivity contribution in [2.24, 2.45) is 0 Å². The third-order valence-electron chi connectivity index (χ3n) is 5.36. The van der Waals surface area contributed by atoms with Gasteiger partial charge < -0.3 is 10.4 Å². The van der Waals surface area contributed by atoms with Gasteiger partial charge in [-0.05, 0) is 55.0 Å². The number of benzene rings is 2. The van der Waals surface area contributed by atoms with Crippen molar-refractivity contribution in [1.29, 1.82) is 0 Å². The van der Waals surface area contributed by atoms with Gasteiger partial charge in [-0.25, -0.2) is 8.42 Å². The lowest BCUT2D eigenvalue weighted by atomic mass is 10.1. The number of hydrogen-bond acceptors (Lipinski definition) is 4. The SMILES string of the molecule is CCCCCCCCCCCCNC(=O)c1ccc(S(=O)(=O)Nc2ccc(O)cc2)cc1. The number of phenolic OH excluding ortho intramolecular Hbond substituents is 1. The van der Waals surface area contributed by atoms with Crippen molar-refractivity contribution in [2.45, 2.75) is 76.0 Å².